The number of aromatic nitrogens is 1. The summed E-state index contributed by atoms with van der Waals surface area (Å²) in [6.45, 7) is 0. The van der Waals surface area contributed by atoms with Gasteiger partial charge in [-0.05, 0) is 18.9 Å². The maximum Gasteiger partial charge on any atom is 0.229 e. The number of benzene rings is 1. The van der Waals surface area contributed by atoms with Gasteiger partial charge in [0.15, 0.2) is 5.13 Å². The Kier molecular flexibility index (Phi) is 3.27. The number of furan rings is 1. The third-order valence-electron chi connectivity index (χ3n) is 3.64. The SMILES string of the molecule is O=C(Nc1nc(-c2ccccc2)c(-c2ccoc2)s1)C1CC1. The van der Waals surface area contributed by atoms with Gasteiger partial charge in [-0.15, -0.1) is 0 Å². The highest BCUT2D eigenvalue weighted by atomic mass is 32.1. The largest absolute Gasteiger partial charge is 0.472 e. The number of amides is 1. The summed E-state index contributed by atoms with van der Waals surface area (Å²) in [4.78, 5) is 17.6. The van der Waals surface area contributed by atoms with Gasteiger partial charge >= 0.3 is 0 Å². The summed E-state index contributed by atoms with van der Waals surface area (Å²) in [5, 5.41) is 3.58. The molecule has 1 aliphatic carbocycles. The van der Waals surface area contributed by atoms with Gasteiger partial charge in [0.05, 0.1) is 23.1 Å². The van der Waals surface area contributed by atoms with Gasteiger partial charge in [-0.2, -0.15) is 0 Å². The molecule has 4 rings (SSSR count). The fraction of sp³-hybridized carbons (Fsp3) is 0.176. The van der Waals surface area contributed by atoms with Crippen molar-refractivity contribution in [2.75, 3.05) is 5.32 Å². The number of nitrogens with one attached hydrogen (secondary N) is 1. The molecule has 3 aromatic rings. The van der Waals surface area contributed by atoms with Gasteiger partial charge in [0, 0.05) is 17.0 Å². The fourth-order valence-corrected chi connectivity index (χ4v) is 3.28. The van der Waals surface area contributed by atoms with Crippen LogP contribution < -0.4 is 5.32 Å². The molecule has 4 nitrogen and oxygen atoms in total. The van der Waals surface area contributed by atoms with E-state index in [9.17, 15) is 4.79 Å². The van der Waals surface area contributed by atoms with E-state index >= 15 is 0 Å². The molecule has 0 unspecified atom stereocenters. The second-order valence-electron chi connectivity index (χ2n) is 5.34. The molecule has 0 aliphatic heterocycles. The Hall–Kier alpha value is -2.40. The van der Waals surface area contributed by atoms with Crippen LogP contribution in [0.4, 0.5) is 5.13 Å². The smallest absolute Gasteiger partial charge is 0.229 e. The van der Waals surface area contributed by atoms with Crippen LogP contribution >= 0.6 is 11.3 Å². The third-order valence-corrected chi connectivity index (χ3v) is 4.66. The zero-order valence-electron chi connectivity index (χ0n) is 11.8. The van der Waals surface area contributed by atoms with E-state index in [2.05, 4.69) is 10.3 Å². The highest BCUT2D eigenvalue weighted by Gasteiger charge is 2.30. The average molecular weight is 310 g/mol. The highest BCUT2D eigenvalue weighted by Crippen LogP contribution is 2.40. The first-order valence-corrected chi connectivity index (χ1v) is 8.02. The Morgan fingerprint density at radius 2 is 2.00 bits per heavy atom. The molecule has 0 bridgehead atoms. The third kappa shape index (κ3) is 2.55. The lowest BCUT2D eigenvalue weighted by Crippen LogP contribution is -2.12. The molecule has 2 aromatic heterocycles. The summed E-state index contributed by atoms with van der Waals surface area (Å²) in [6.07, 6.45) is 5.31. The predicted octanol–water partition coefficient (Wildman–Crippen LogP) is 4.42. The average Bonchev–Trinajstić information content (AvgIpc) is 3.10. The lowest BCUT2D eigenvalue weighted by Gasteiger charge is -1.99. The second-order valence-corrected chi connectivity index (χ2v) is 6.34. The number of rotatable bonds is 4. The van der Waals surface area contributed by atoms with E-state index in [4.69, 9.17) is 4.42 Å². The summed E-state index contributed by atoms with van der Waals surface area (Å²) in [7, 11) is 0. The van der Waals surface area contributed by atoms with E-state index in [1.807, 2.05) is 36.4 Å². The Bertz CT molecular complexity index is 789. The van der Waals surface area contributed by atoms with Crippen molar-refractivity contribution in [1.82, 2.24) is 4.98 Å². The summed E-state index contributed by atoms with van der Waals surface area (Å²) in [5.41, 5.74) is 2.88. The van der Waals surface area contributed by atoms with Crippen LogP contribution in [0.2, 0.25) is 0 Å². The fourth-order valence-electron chi connectivity index (χ4n) is 2.31. The predicted molar refractivity (Wildman–Crippen MR) is 86.6 cm³/mol. The minimum Gasteiger partial charge on any atom is -0.472 e. The molecule has 5 heteroatoms. The van der Waals surface area contributed by atoms with Crippen molar-refractivity contribution in [3.8, 4) is 21.7 Å². The lowest BCUT2D eigenvalue weighted by atomic mass is 10.1. The molecule has 1 saturated carbocycles. The number of carbonyl (C=O) groups excluding carboxylic acids is 1. The Morgan fingerprint density at radius 1 is 1.18 bits per heavy atom. The lowest BCUT2D eigenvalue weighted by molar-refractivity contribution is -0.117. The van der Waals surface area contributed by atoms with Crippen LogP contribution in [0.1, 0.15) is 12.8 Å². The minimum absolute atomic E-state index is 0.0760. The molecular formula is C17H14N2O2S. The van der Waals surface area contributed by atoms with Crippen LogP contribution in [-0.4, -0.2) is 10.9 Å². The number of hydrogen-bond donors (Lipinski definition) is 1. The molecule has 1 N–H and O–H groups in total. The molecule has 1 amide bonds. The van der Waals surface area contributed by atoms with Gasteiger partial charge in [-0.25, -0.2) is 4.98 Å². The molecule has 1 fully saturated rings. The molecule has 110 valence electrons. The second kappa shape index (κ2) is 5.42. The number of hydrogen-bond acceptors (Lipinski definition) is 4. The number of nitrogens with zero attached hydrogens (tertiary/aromatic N) is 1. The van der Waals surface area contributed by atoms with Crippen LogP contribution in [0, 0.1) is 5.92 Å². The van der Waals surface area contributed by atoms with E-state index < -0.39 is 0 Å². The zero-order valence-corrected chi connectivity index (χ0v) is 12.6. The molecule has 22 heavy (non-hydrogen) atoms. The first-order valence-electron chi connectivity index (χ1n) is 7.21. The van der Waals surface area contributed by atoms with E-state index in [1.54, 1.807) is 12.5 Å². The van der Waals surface area contributed by atoms with Gasteiger partial charge in [-0.1, -0.05) is 41.7 Å². The standard InChI is InChI=1S/C17H14N2O2S/c20-16(12-6-7-12)19-17-18-14(11-4-2-1-3-5-11)15(22-17)13-8-9-21-10-13/h1-5,8-10,12H,6-7H2,(H,18,19,20). The molecule has 0 atom stereocenters. The Morgan fingerprint density at radius 3 is 2.68 bits per heavy atom. The molecule has 1 aliphatic rings. The van der Waals surface area contributed by atoms with Gasteiger partial charge in [0.2, 0.25) is 5.91 Å². The van der Waals surface area contributed by atoms with E-state index in [-0.39, 0.29) is 11.8 Å². The summed E-state index contributed by atoms with van der Waals surface area (Å²) >= 11 is 1.48. The molecule has 0 spiro atoms. The zero-order chi connectivity index (χ0) is 14.9. The van der Waals surface area contributed by atoms with E-state index in [1.165, 1.54) is 11.3 Å². The van der Waals surface area contributed by atoms with Crippen LogP contribution in [0.3, 0.4) is 0 Å². The Labute approximate surface area is 131 Å². The van der Waals surface area contributed by atoms with Crippen molar-refractivity contribution in [1.29, 1.82) is 0 Å². The van der Waals surface area contributed by atoms with Crippen LogP contribution in [0.25, 0.3) is 21.7 Å². The number of carbonyl (C=O) groups is 1. The maximum absolute atomic E-state index is 12.0. The quantitative estimate of drug-likeness (QED) is 0.776. The minimum atomic E-state index is 0.0760. The first-order chi connectivity index (χ1) is 10.8. The topological polar surface area (TPSA) is 55.1 Å². The summed E-state index contributed by atoms with van der Waals surface area (Å²) in [6, 6.07) is 11.9. The van der Waals surface area contributed by atoms with Crippen LogP contribution in [0.15, 0.2) is 53.3 Å². The van der Waals surface area contributed by atoms with Gasteiger partial charge in [-0.3, -0.25) is 4.79 Å². The molecular weight excluding hydrogens is 296 g/mol. The molecule has 0 radical (unpaired) electrons. The summed E-state index contributed by atoms with van der Waals surface area (Å²) in [5.74, 6) is 0.244. The van der Waals surface area contributed by atoms with E-state index in [0.717, 1.165) is 34.5 Å². The van der Waals surface area contributed by atoms with E-state index in [0.29, 0.717) is 5.13 Å². The van der Waals surface area contributed by atoms with Crippen molar-refractivity contribution in [2.45, 2.75) is 12.8 Å². The number of anilines is 1. The van der Waals surface area contributed by atoms with Crippen molar-refractivity contribution in [3.05, 3.63) is 48.9 Å². The normalized spacial score (nSPS) is 14.0. The summed E-state index contributed by atoms with van der Waals surface area (Å²) < 4.78 is 5.19. The van der Waals surface area contributed by atoms with Crippen molar-refractivity contribution >= 4 is 22.4 Å². The molecule has 1 aromatic carbocycles. The Balaban J connectivity index is 1.74. The van der Waals surface area contributed by atoms with Crippen molar-refractivity contribution < 1.29 is 9.21 Å². The van der Waals surface area contributed by atoms with Crippen LogP contribution in [0.5, 0.6) is 0 Å². The van der Waals surface area contributed by atoms with Crippen molar-refractivity contribution in [2.24, 2.45) is 5.92 Å². The van der Waals surface area contributed by atoms with Gasteiger partial charge in [0.1, 0.15) is 0 Å². The number of thiazole rings is 1. The van der Waals surface area contributed by atoms with Gasteiger partial charge < -0.3 is 9.73 Å². The molecule has 2 heterocycles. The maximum atomic E-state index is 12.0. The van der Waals surface area contributed by atoms with Gasteiger partial charge in [0.25, 0.3) is 0 Å². The monoisotopic (exact) mass is 310 g/mol. The molecule has 0 saturated heterocycles. The van der Waals surface area contributed by atoms with Crippen molar-refractivity contribution in [3.63, 3.8) is 0 Å². The first kappa shape index (κ1) is 13.3. The van der Waals surface area contributed by atoms with Crippen LogP contribution in [-0.2, 0) is 4.79 Å². The highest BCUT2D eigenvalue weighted by molar-refractivity contribution is 7.19.